The van der Waals surface area contributed by atoms with Gasteiger partial charge in [0, 0.05) is 18.6 Å². The van der Waals surface area contributed by atoms with Crippen LogP contribution in [0, 0.1) is 0 Å². The van der Waals surface area contributed by atoms with Gasteiger partial charge in [0.15, 0.2) is 0 Å². The zero-order valence-corrected chi connectivity index (χ0v) is 22.7. The first-order valence-corrected chi connectivity index (χ1v) is 12.6. The van der Waals surface area contributed by atoms with Crippen molar-refractivity contribution >= 4 is 65.9 Å². The summed E-state index contributed by atoms with van der Waals surface area (Å²) < 4.78 is 0. The highest BCUT2D eigenvalue weighted by Crippen LogP contribution is 2.05. The Morgan fingerprint density at radius 3 is 1.29 bits per heavy atom. The zero-order valence-electron chi connectivity index (χ0n) is 21.8. The predicted molar refractivity (Wildman–Crippen MR) is 142 cm³/mol. The van der Waals surface area contributed by atoms with Gasteiger partial charge in [0.2, 0.25) is 47.3 Å². The normalized spacial score (nSPS) is 14.2. The van der Waals surface area contributed by atoms with Crippen molar-refractivity contribution in [3.63, 3.8) is 0 Å². The highest BCUT2D eigenvalue weighted by atomic mass is 32.1. The van der Waals surface area contributed by atoms with Crippen molar-refractivity contribution in [2.75, 3.05) is 5.75 Å². The third-order valence-corrected chi connectivity index (χ3v) is 5.58. The molecule has 0 saturated carbocycles. The Bertz CT molecular complexity index is 1040. The minimum Gasteiger partial charge on any atom is -0.480 e. The number of nitrogens with one attached hydrogen (secondary N) is 4. The Balaban J connectivity index is 5.93. The van der Waals surface area contributed by atoms with Crippen molar-refractivity contribution in [2.45, 2.75) is 68.7 Å². The van der Waals surface area contributed by atoms with Gasteiger partial charge in [-0.05, 0) is 12.8 Å². The molecule has 0 bridgehead atoms. The summed E-state index contributed by atoms with van der Waals surface area (Å²) >= 11 is 3.82. The lowest BCUT2D eigenvalue weighted by Crippen LogP contribution is -2.59. The average molecular weight is 606 g/mol. The number of carbonyl (C=O) groups excluding carboxylic acids is 8. The van der Waals surface area contributed by atoms with Crippen LogP contribution in [0.3, 0.4) is 0 Å². The smallest absolute Gasteiger partial charge is 0.327 e. The number of carboxylic acid groups (broad SMARTS) is 1. The number of nitrogens with two attached hydrogens (primary N) is 5. The van der Waals surface area contributed by atoms with E-state index in [1.165, 1.54) is 0 Å². The molecule has 0 aromatic heterocycles. The zero-order chi connectivity index (χ0) is 31.9. The van der Waals surface area contributed by atoms with Crippen LogP contribution < -0.4 is 49.9 Å². The van der Waals surface area contributed by atoms with E-state index in [9.17, 15) is 43.2 Å². The number of primary amides is 4. The second-order valence-corrected chi connectivity index (χ2v) is 9.09. The number of amides is 8. The number of rotatable bonds is 20. The van der Waals surface area contributed by atoms with Gasteiger partial charge in [-0.3, -0.25) is 38.4 Å². The number of hydrogen-bond acceptors (Lipinski definition) is 11. The second-order valence-electron chi connectivity index (χ2n) is 8.72. The van der Waals surface area contributed by atoms with Crippen LogP contribution in [0.25, 0.3) is 0 Å². The van der Waals surface area contributed by atoms with Crippen molar-refractivity contribution in [3.05, 3.63) is 0 Å². The lowest BCUT2D eigenvalue weighted by Gasteiger charge is -2.25. The molecule has 15 N–H and O–H groups in total. The van der Waals surface area contributed by atoms with Crippen molar-refractivity contribution < 1.29 is 48.3 Å². The summed E-state index contributed by atoms with van der Waals surface area (Å²) in [6, 6.07) is -7.77. The molecule has 19 nitrogen and oxygen atoms in total. The number of thiol groups is 1. The largest absolute Gasteiger partial charge is 0.480 e. The van der Waals surface area contributed by atoms with Gasteiger partial charge in [0.1, 0.15) is 24.2 Å². The van der Waals surface area contributed by atoms with E-state index >= 15 is 0 Å². The summed E-state index contributed by atoms with van der Waals surface area (Å²) in [6.07, 6.45) is -3.00. The van der Waals surface area contributed by atoms with Crippen molar-refractivity contribution in [2.24, 2.45) is 28.7 Å². The second kappa shape index (κ2) is 18.0. The summed E-state index contributed by atoms with van der Waals surface area (Å²) in [4.78, 5) is 107. The standard InChI is InChI=1S/C21H35N9O10S/c22-8(5-15(25)33)17(35)27-9(1-3-13(23)31)18(36)29-11(6-16(26)34)20(38)28-10(2-4-14(24)32)19(37)30-12(7-41)21(39)40/h8-12,41H,1-7,22H2,(H2,23,31)(H2,24,32)(H2,25,33)(H2,26,34)(H,27,35)(H,28,38)(H,29,36)(H,30,37)(H,39,40)/t8-,9-,10-,11-,12-/m0/s1. The molecule has 0 aliphatic carbocycles. The van der Waals surface area contributed by atoms with Crippen LogP contribution in [0.2, 0.25) is 0 Å². The van der Waals surface area contributed by atoms with Gasteiger partial charge in [0.05, 0.1) is 18.9 Å². The van der Waals surface area contributed by atoms with Gasteiger partial charge in [-0.2, -0.15) is 12.6 Å². The van der Waals surface area contributed by atoms with Crippen LogP contribution >= 0.6 is 12.6 Å². The van der Waals surface area contributed by atoms with E-state index in [1.54, 1.807) is 0 Å². The lowest BCUT2D eigenvalue weighted by atomic mass is 10.1. The molecule has 0 rings (SSSR count). The van der Waals surface area contributed by atoms with Gasteiger partial charge < -0.3 is 55.0 Å². The average Bonchev–Trinajstić information content (AvgIpc) is 2.85. The number of aliphatic carboxylic acids is 1. The molecule has 0 aliphatic heterocycles. The summed E-state index contributed by atoms with van der Waals surface area (Å²) in [5.74, 6) is -9.78. The summed E-state index contributed by atoms with van der Waals surface area (Å²) in [5, 5.41) is 17.8. The maximum Gasteiger partial charge on any atom is 0.327 e. The summed E-state index contributed by atoms with van der Waals surface area (Å²) in [5.41, 5.74) is 25.9. The van der Waals surface area contributed by atoms with E-state index < -0.39 is 116 Å². The Labute approximate surface area is 238 Å². The van der Waals surface area contributed by atoms with Crippen LogP contribution in [0.5, 0.6) is 0 Å². The molecule has 0 aromatic rings. The lowest BCUT2D eigenvalue weighted by molar-refractivity contribution is -0.142. The molecular weight excluding hydrogens is 570 g/mol. The van der Waals surface area contributed by atoms with Crippen LogP contribution in [0.4, 0.5) is 0 Å². The Kier molecular flexibility index (Phi) is 16.0. The van der Waals surface area contributed by atoms with Gasteiger partial charge in [-0.15, -0.1) is 0 Å². The predicted octanol–water partition coefficient (Wildman–Crippen LogP) is -6.45. The number of carboxylic acids is 1. The van der Waals surface area contributed by atoms with Crippen molar-refractivity contribution in [1.29, 1.82) is 0 Å². The maximum atomic E-state index is 13.0. The molecule has 0 fully saturated rings. The first-order valence-electron chi connectivity index (χ1n) is 11.9. The fourth-order valence-corrected chi connectivity index (χ4v) is 3.36. The van der Waals surface area contributed by atoms with E-state index in [0.717, 1.165) is 0 Å². The van der Waals surface area contributed by atoms with Gasteiger partial charge in [-0.25, -0.2) is 4.79 Å². The third-order valence-electron chi connectivity index (χ3n) is 5.22. The van der Waals surface area contributed by atoms with Crippen molar-refractivity contribution in [1.82, 2.24) is 21.3 Å². The van der Waals surface area contributed by atoms with Crippen LogP contribution in [-0.4, -0.2) is 94.3 Å². The molecule has 0 heterocycles. The van der Waals surface area contributed by atoms with Gasteiger partial charge in [-0.1, -0.05) is 0 Å². The Morgan fingerprint density at radius 2 is 0.927 bits per heavy atom. The fourth-order valence-electron chi connectivity index (χ4n) is 3.11. The molecule has 41 heavy (non-hydrogen) atoms. The number of hydrogen-bond donors (Lipinski definition) is 11. The highest BCUT2D eigenvalue weighted by Gasteiger charge is 2.32. The van der Waals surface area contributed by atoms with Crippen LogP contribution in [0.1, 0.15) is 38.5 Å². The third kappa shape index (κ3) is 15.1. The first kappa shape index (κ1) is 36.5. The molecule has 8 amide bonds. The highest BCUT2D eigenvalue weighted by molar-refractivity contribution is 7.80. The van der Waals surface area contributed by atoms with Crippen molar-refractivity contribution in [3.8, 4) is 0 Å². The Hall–Kier alpha value is -4.46. The van der Waals surface area contributed by atoms with E-state index in [2.05, 4.69) is 33.9 Å². The molecule has 0 radical (unpaired) electrons. The molecular formula is C21H35N9O10S. The SMILES string of the molecule is NC(=O)CC[C@H](NC(=O)[C@H](CC(N)=O)NC(=O)[C@H](CCC(N)=O)NC(=O)[C@@H](N)CC(N)=O)C(=O)N[C@@H](CS)C(=O)O. The fraction of sp³-hybridized carbons (Fsp3) is 0.571. The summed E-state index contributed by atoms with van der Waals surface area (Å²) in [6.45, 7) is 0. The monoisotopic (exact) mass is 605 g/mol. The Morgan fingerprint density at radius 1 is 0.561 bits per heavy atom. The minimum absolute atomic E-state index is 0.320. The van der Waals surface area contributed by atoms with Crippen LogP contribution in [0.15, 0.2) is 0 Å². The maximum absolute atomic E-state index is 13.0. The van der Waals surface area contributed by atoms with E-state index in [0.29, 0.717) is 0 Å². The summed E-state index contributed by atoms with van der Waals surface area (Å²) in [7, 11) is 0. The minimum atomic E-state index is -1.75. The molecule has 5 atom stereocenters. The molecule has 0 unspecified atom stereocenters. The van der Waals surface area contributed by atoms with Gasteiger partial charge in [0.25, 0.3) is 0 Å². The molecule has 20 heteroatoms. The molecule has 0 saturated heterocycles. The van der Waals surface area contributed by atoms with Gasteiger partial charge >= 0.3 is 5.97 Å². The molecule has 230 valence electrons. The topological polar surface area (TPSA) is 352 Å². The number of carbonyl (C=O) groups is 9. The molecule has 0 aliphatic rings. The first-order chi connectivity index (χ1) is 19.0. The van der Waals surface area contributed by atoms with Crippen LogP contribution in [-0.2, 0) is 43.2 Å². The van der Waals surface area contributed by atoms with E-state index in [-0.39, 0.29) is 12.2 Å². The molecule has 0 spiro atoms. The van der Waals surface area contributed by atoms with E-state index in [1.807, 2.05) is 0 Å². The molecule has 0 aromatic carbocycles. The van der Waals surface area contributed by atoms with E-state index in [4.69, 9.17) is 33.8 Å². The quantitative estimate of drug-likeness (QED) is 0.0579.